The van der Waals surface area contributed by atoms with Crippen molar-refractivity contribution >= 4 is 11.9 Å². The third-order valence-electron chi connectivity index (χ3n) is 2.84. The number of carbonyl (C=O) groups is 1. The van der Waals surface area contributed by atoms with E-state index >= 15 is 0 Å². The minimum Gasteiger partial charge on any atom is -0.463 e. The van der Waals surface area contributed by atoms with Crippen molar-refractivity contribution in [3.63, 3.8) is 0 Å². The first-order chi connectivity index (χ1) is 11.5. The van der Waals surface area contributed by atoms with Gasteiger partial charge < -0.3 is 19.1 Å². The Kier molecular flexibility index (Phi) is 5.89. The van der Waals surface area contributed by atoms with Crippen LogP contribution in [-0.4, -0.2) is 47.7 Å². The van der Waals surface area contributed by atoms with Crippen LogP contribution in [0.15, 0.2) is 30.3 Å². The molecular weight excluding hydrogens is 312 g/mol. The minimum absolute atomic E-state index is 0.0137. The average Bonchev–Trinajstić information content (AvgIpc) is 2.55. The quantitative estimate of drug-likeness (QED) is 0.712. The summed E-state index contributed by atoms with van der Waals surface area (Å²) in [6, 6.07) is 9.17. The Labute approximate surface area is 140 Å². The summed E-state index contributed by atoms with van der Waals surface area (Å²) in [7, 11) is 3.56. The third kappa shape index (κ3) is 4.80. The number of carbonyl (C=O) groups excluding carboxylic acids is 1. The molecule has 0 unspecified atom stereocenters. The fraction of sp³-hybridized carbons (Fsp3) is 0.375. The van der Waals surface area contributed by atoms with E-state index in [1.54, 1.807) is 45.0 Å². The summed E-state index contributed by atoms with van der Waals surface area (Å²) in [4.78, 5) is 25.8. The molecule has 8 heteroatoms. The Morgan fingerprint density at radius 1 is 1.12 bits per heavy atom. The molecule has 0 fully saturated rings. The minimum atomic E-state index is -0.841. The Morgan fingerprint density at radius 3 is 2.42 bits per heavy atom. The highest BCUT2D eigenvalue weighted by Crippen LogP contribution is 2.21. The molecule has 0 radical (unpaired) electrons. The second kappa shape index (κ2) is 8.09. The van der Waals surface area contributed by atoms with Gasteiger partial charge >= 0.3 is 18.0 Å². The van der Waals surface area contributed by atoms with Crippen LogP contribution in [0.1, 0.15) is 13.8 Å². The Balaban J connectivity index is 2.22. The maximum Gasteiger partial charge on any atom is 0.347 e. The van der Waals surface area contributed by atoms with E-state index in [2.05, 4.69) is 15.0 Å². The predicted octanol–water partition coefficient (Wildman–Crippen LogP) is 2.06. The van der Waals surface area contributed by atoms with Crippen LogP contribution in [0.2, 0.25) is 0 Å². The number of rotatable bonds is 7. The molecule has 0 aliphatic heterocycles. The first-order valence-electron chi connectivity index (χ1n) is 7.49. The standard InChI is InChI=1S/C16H20N4O4/c1-5-22-13(21)11(2)23-15-17-14(20(3)4)18-16(19-15)24-12-9-7-6-8-10-12/h6-11H,5H2,1-4H3/t11-/m1/s1. The summed E-state index contributed by atoms with van der Waals surface area (Å²) >= 11 is 0. The zero-order chi connectivity index (χ0) is 17.5. The molecule has 2 rings (SSSR count). The van der Waals surface area contributed by atoms with Gasteiger partial charge in [0.15, 0.2) is 6.10 Å². The van der Waals surface area contributed by atoms with Crippen molar-refractivity contribution in [1.82, 2.24) is 15.0 Å². The van der Waals surface area contributed by atoms with E-state index < -0.39 is 12.1 Å². The van der Waals surface area contributed by atoms with Crippen molar-refractivity contribution in [3.8, 4) is 17.8 Å². The van der Waals surface area contributed by atoms with Crippen molar-refractivity contribution < 1.29 is 19.0 Å². The lowest BCUT2D eigenvalue weighted by molar-refractivity contribution is -0.150. The van der Waals surface area contributed by atoms with Crippen molar-refractivity contribution in [2.45, 2.75) is 20.0 Å². The third-order valence-corrected chi connectivity index (χ3v) is 2.84. The highest BCUT2D eigenvalue weighted by atomic mass is 16.6. The predicted molar refractivity (Wildman–Crippen MR) is 87.4 cm³/mol. The van der Waals surface area contributed by atoms with Gasteiger partial charge in [-0.05, 0) is 26.0 Å². The fourth-order valence-corrected chi connectivity index (χ4v) is 1.69. The van der Waals surface area contributed by atoms with E-state index in [4.69, 9.17) is 14.2 Å². The molecule has 0 aliphatic carbocycles. The van der Waals surface area contributed by atoms with E-state index in [1.165, 1.54) is 0 Å². The Morgan fingerprint density at radius 2 is 1.79 bits per heavy atom. The second-order valence-electron chi connectivity index (χ2n) is 5.02. The van der Waals surface area contributed by atoms with Crippen LogP contribution >= 0.6 is 0 Å². The highest BCUT2D eigenvalue weighted by Gasteiger charge is 2.19. The van der Waals surface area contributed by atoms with E-state index in [9.17, 15) is 4.79 Å². The molecule has 0 aliphatic rings. The molecule has 0 saturated heterocycles. The van der Waals surface area contributed by atoms with Gasteiger partial charge in [0.2, 0.25) is 5.95 Å². The van der Waals surface area contributed by atoms with E-state index in [1.807, 2.05) is 18.2 Å². The Bertz CT molecular complexity index is 679. The topological polar surface area (TPSA) is 86.7 Å². The van der Waals surface area contributed by atoms with Gasteiger partial charge in [0.1, 0.15) is 5.75 Å². The number of para-hydroxylation sites is 1. The SMILES string of the molecule is CCOC(=O)[C@@H](C)Oc1nc(Oc2ccccc2)nc(N(C)C)n1. The van der Waals surface area contributed by atoms with Gasteiger partial charge in [0, 0.05) is 14.1 Å². The number of ether oxygens (including phenoxy) is 3. The van der Waals surface area contributed by atoms with Crippen molar-refractivity contribution in [2.75, 3.05) is 25.6 Å². The van der Waals surface area contributed by atoms with E-state index in [0.717, 1.165) is 0 Å². The summed E-state index contributed by atoms with van der Waals surface area (Å²) in [6.07, 6.45) is -0.841. The number of hydrogen-bond donors (Lipinski definition) is 0. The Hall–Kier alpha value is -2.90. The molecule has 1 aromatic heterocycles. The monoisotopic (exact) mass is 332 g/mol. The van der Waals surface area contributed by atoms with Crippen molar-refractivity contribution in [2.24, 2.45) is 0 Å². The summed E-state index contributed by atoms with van der Waals surface area (Å²) in [5, 5.41) is 0. The van der Waals surface area contributed by atoms with Crippen LogP contribution in [0.25, 0.3) is 0 Å². The lowest BCUT2D eigenvalue weighted by Crippen LogP contribution is -2.27. The molecular formula is C16H20N4O4. The largest absolute Gasteiger partial charge is 0.463 e. The maximum atomic E-state index is 11.7. The average molecular weight is 332 g/mol. The van der Waals surface area contributed by atoms with Gasteiger partial charge in [-0.25, -0.2) is 4.79 Å². The van der Waals surface area contributed by atoms with Crippen LogP contribution in [0, 0.1) is 0 Å². The lowest BCUT2D eigenvalue weighted by atomic mass is 10.3. The lowest BCUT2D eigenvalue weighted by Gasteiger charge is -2.15. The first kappa shape index (κ1) is 17.5. The second-order valence-corrected chi connectivity index (χ2v) is 5.02. The molecule has 0 spiro atoms. The number of hydrogen-bond acceptors (Lipinski definition) is 8. The number of anilines is 1. The molecule has 0 bridgehead atoms. The van der Waals surface area contributed by atoms with Crippen molar-refractivity contribution in [3.05, 3.63) is 30.3 Å². The molecule has 8 nitrogen and oxygen atoms in total. The normalized spacial score (nSPS) is 11.5. The zero-order valence-corrected chi connectivity index (χ0v) is 14.1. The molecule has 0 saturated carbocycles. The van der Waals surface area contributed by atoms with Crippen molar-refractivity contribution in [1.29, 1.82) is 0 Å². The molecule has 1 heterocycles. The highest BCUT2D eigenvalue weighted by molar-refractivity contribution is 5.74. The first-order valence-corrected chi connectivity index (χ1v) is 7.49. The fourth-order valence-electron chi connectivity index (χ4n) is 1.69. The van der Waals surface area contributed by atoms with Gasteiger partial charge in [0.05, 0.1) is 6.61 Å². The van der Waals surface area contributed by atoms with Gasteiger partial charge in [-0.15, -0.1) is 4.98 Å². The number of benzene rings is 1. The van der Waals surface area contributed by atoms with Crippen LogP contribution in [0.3, 0.4) is 0 Å². The molecule has 0 amide bonds. The van der Waals surface area contributed by atoms with E-state index in [0.29, 0.717) is 11.7 Å². The molecule has 24 heavy (non-hydrogen) atoms. The summed E-state index contributed by atoms with van der Waals surface area (Å²) in [5.74, 6) is 0.439. The summed E-state index contributed by atoms with van der Waals surface area (Å²) in [6.45, 7) is 3.56. The maximum absolute atomic E-state index is 11.7. The number of nitrogens with zero attached hydrogens (tertiary/aromatic N) is 4. The van der Waals surface area contributed by atoms with Crippen LogP contribution in [-0.2, 0) is 9.53 Å². The molecule has 128 valence electrons. The van der Waals surface area contributed by atoms with Gasteiger partial charge in [-0.1, -0.05) is 18.2 Å². The zero-order valence-electron chi connectivity index (χ0n) is 14.1. The molecule has 1 aromatic carbocycles. The molecule has 1 atom stereocenters. The molecule has 0 N–H and O–H groups in total. The van der Waals surface area contributed by atoms with Gasteiger partial charge in [-0.2, -0.15) is 9.97 Å². The number of esters is 1. The molecule has 2 aromatic rings. The van der Waals surface area contributed by atoms with E-state index in [-0.39, 0.29) is 18.6 Å². The van der Waals surface area contributed by atoms with Crippen LogP contribution in [0.4, 0.5) is 5.95 Å². The van der Waals surface area contributed by atoms with Crippen LogP contribution in [0.5, 0.6) is 17.8 Å². The van der Waals surface area contributed by atoms with Gasteiger partial charge in [-0.3, -0.25) is 0 Å². The number of aromatic nitrogens is 3. The summed E-state index contributed by atoms with van der Waals surface area (Å²) in [5.41, 5.74) is 0. The summed E-state index contributed by atoms with van der Waals surface area (Å²) < 4.78 is 16.0. The van der Waals surface area contributed by atoms with Gasteiger partial charge in [0.25, 0.3) is 0 Å². The van der Waals surface area contributed by atoms with Crippen LogP contribution < -0.4 is 14.4 Å². The smallest absolute Gasteiger partial charge is 0.347 e.